The van der Waals surface area contributed by atoms with Crippen LogP contribution in [0.15, 0.2) is 57.9 Å². The molecular formula is C21H18N4O4. The molecule has 8 heteroatoms. The van der Waals surface area contributed by atoms with E-state index >= 15 is 0 Å². The van der Waals surface area contributed by atoms with Gasteiger partial charge in [-0.15, -0.1) is 0 Å². The monoisotopic (exact) mass is 390 g/mol. The Balaban J connectivity index is 1.70. The van der Waals surface area contributed by atoms with Crippen molar-refractivity contribution in [3.8, 4) is 0 Å². The minimum absolute atomic E-state index is 0.115. The van der Waals surface area contributed by atoms with Gasteiger partial charge in [0, 0.05) is 14.1 Å². The molecule has 2 aromatic carbocycles. The summed E-state index contributed by atoms with van der Waals surface area (Å²) in [5, 5.41) is 14.6. The number of hydrogen-bond acceptors (Lipinski definition) is 4. The van der Waals surface area contributed by atoms with Crippen molar-refractivity contribution in [1.29, 1.82) is 0 Å². The molecule has 3 aromatic rings. The molecule has 0 aliphatic carbocycles. The molecule has 1 aliphatic rings. The number of nitrogens with zero attached hydrogens (tertiary/aromatic N) is 4. The number of carboxylic acid groups (broad SMARTS) is 1. The number of fused-ring (bicyclic) bond motifs is 1. The fraction of sp³-hybridized carbons (Fsp3) is 0.143. The third-order valence-corrected chi connectivity index (χ3v) is 5.03. The number of rotatable bonds is 3. The van der Waals surface area contributed by atoms with E-state index in [1.54, 1.807) is 48.4 Å². The van der Waals surface area contributed by atoms with Crippen LogP contribution in [0.25, 0.3) is 17.1 Å². The number of carbonyl (C=O) groups excluding carboxylic acids is 1. The van der Waals surface area contributed by atoms with E-state index < -0.39 is 5.97 Å². The number of anilines is 1. The predicted molar refractivity (Wildman–Crippen MR) is 110 cm³/mol. The second kappa shape index (κ2) is 6.59. The Morgan fingerprint density at radius 3 is 2.31 bits per heavy atom. The van der Waals surface area contributed by atoms with Crippen LogP contribution >= 0.6 is 0 Å². The van der Waals surface area contributed by atoms with Crippen LogP contribution in [0.1, 0.15) is 22.8 Å². The molecule has 146 valence electrons. The molecule has 1 aliphatic heterocycles. The Morgan fingerprint density at radius 2 is 1.66 bits per heavy atom. The SMILES string of the molecule is CC1=NN(c2ccc(C(=O)O)cc2)C(=O)/C1=C\c1ccc2c(c1)n(C)c(=O)n2C. The van der Waals surface area contributed by atoms with Crippen LogP contribution in [0.4, 0.5) is 5.69 Å². The van der Waals surface area contributed by atoms with Crippen LogP contribution in [-0.2, 0) is 18.9 Å². The number of imidazole rings is 1. The van der Waals surface area contributed by atoms with Gasteiger partial charge in [0.2, 0.25) is 0 Å². The molecule has 0 spiro atoms. The number of hydrogen-bond donors (Lipinski definition) is 1. The van der Waals surface area contributed by atoms with Gasteiger partial charge in [0.15, 0.2) is 0 Å². The lowest BCUT2D eigenvalue weighted by Gasteiger charge is -2.11. The summed E-state index contributed by atoms with van der Waals surface area (Å²) >= 11 is 0. The number of aromatic nitrogens is 2. The van der Waals surface area contributed by atoms with Gasteiger partial charge in [-0.05, 0) is 55.0 Å². The molecule has 0 atom stereocenters. The highest BCUT2D eigenvalue weighted by Crippen LogP contribution is 2.26. The van der Waals surface area contributed by atoms with E-state index in [9.17, 15) is 14.4 Å². The quantitative estimate of drug-likeness (QED) is 0.695. The predicted octanol–water partition coefficient (Wildman–Crippen LogP) is 2.38. The minimum Gasteiger partial charge on any atom is -0.478 e. The van der Waals surface area contributed by atoms with Gasteiger partial charge in [-0.25, -0.2) is 9.59 Å². The molecule has 0 bridgehead atoms. The largest absolute Gasteiger partial charge is 0.478 e. The van der Waals surface area contributed by atoms with Crippen molar-refractivity contribution in [3.05, 3.63) is 69.6 Å². The van der Waals surface area contributed by atoms with Crippen LogP contribution in [0.3, 0.4) is 0 Å². The van der Waals surface area contributed by atoms with E-state index in [1.165, 1.54) is 17.1 Å². The van der Waals surface area contributed by atoms with Crippen molar-refractivity contribution in [2.45, 2.75) is 6.92 Å². The second-order valence-corrected chi connectivity index (χ2v) is 6.86. The normalized spacial score (nSPS) is 15.4. The Hall–Kier alpha value is -3.94. The van der Waals surface area contributed by atoms with Gasteiger partial charge in [-0.2, -0.15) is 10.1 Å². The number of carboxylic acids is 1. The third kappa shape index (κ3) is 2.94. The van der Waals surface area contributed by atoms with E-state index in [1.807, 2.05) is 18.2 Å². The average molecular weight is 390 g/mol. The molecule has 0 saturated carbocycles. The molecule has 1 aromatic heterocycles. The van der Waals surface area contributed by atoms with E-state index in [2.05, 4.69) is 5.10 Å². The average Bonchev–Trinajstić information content (AvgIpc) is 3.11. The zero-order valence-corrected chi connectivity index (χ0v) is 16.1. The fourth-order valence-electron chi connectivity index (χ4n) is 3.38. The first kappa shape index (κ1) is 18.4. The lowest BCUT2D eigenvalue weighted by Crippen LogP contribution is -2.21. The summed E-state index contributed by atoms with van der Waals surface area (Å²) in [5.41, 5.74) is 3.86. The number of aromatic carboxylic acids is 1. The molecule has 4 rings (SSSR count). The summed E-state index contributed by atoms with van der Waals surface area (Å²) in [4.78, 5) is 36.0. The van der Waals surface area contributed by atoms with E-state index in [0.717, 1.165) is 16.6 Å². The van der Waals surface area contributed by atoms with Crippen molar-refractivity contribution >= 4 is 40.4 Å². The van der Waals surface area contributed by atoms with Crippen molar-refractivity contribution in [3.63, 3.8) is 0 Å². The maximum atomic E-state index is 12.9. The van der Waals surface area contributed by atoms with Crippen molar-refractivity contribution in [2.24, 2.45) is 19.2 Å². The maximum Gasteiger partial charge on any atom is 0.335 e. The van der Waals surface area contributed by atoms with Crippen molar-refractivity contribution in [2.75, 3.05) is 5.01 Å². The lowest BCUT2D eigenvalue weighted by atomic mass is 10.1. The summed E-state index contributed by atoms with van der Waals surface area (Å²) in [7, 11) is 3.42. The molecule has 1 amide bonds. The van der Waals surface area contributed by atoms with Gasteiger partial charge >= 0.3 is 11.7 Å². The van der Waals surface area contributed by atoms with E-state index in [4.69, 9.17) is 5.11 Å². The van der Waals surface area contributed by atoms with Crippen LogP contribution in [-0.4, -0.2) is 31.8 Å². The Morgan fingerprint density at radius 1 is 1.00 bits per heavy atom. The van der Waals surface area contributed by atoms with E-state index in [0.29, 0.717) is 17.0 Å². The Labute approximate surface area is 165 Å². The number of benzene rings is 2. The summed E-state index contributed by atoms with van der Waals surface area (Å²) < 4.78 is 3.13. The Bertz CT molecular complexity index is 1290. The van der Waals surface area contributed by atoms with Crippen LogP contribution < -0.4 is 10.7 Å². The summed E-state index contributed by atoms with van der Waals surface area (Å²) in [5.74, 6) is -1.33. The molecule has 0 unspecified atom stereocenters. The standard InChI is InChI=1S/C21H18N4O4/c1-12-16(10-13-4-9-17-18(11-13)24(3)21(29)23(17)2)19(26)25(22-12)15-7-5-14(6-8-15)20(27)28/h4-11H,1-3H3,(H,27,28)/b16-10-. The summed E-state index contributed by atoms with van der Waals surface area (Å²) in [6.07, 6.45) is 1.74. The molecular weight excluding hydrogens is 372 g/mol. The van der Waals surface area contributed by atoms with Gasteiger partial charge < -0.3 is 5.11 Å². The van der Waals surface area contributed by atoms with Gasteiger partial charge in [-0.1, -0.05) is 6.07 Å². The molecule has 0 saturated heterocycles. The smallest absolute Gasteiger partial charge is 0.335 e. The minimum atomic E-state index is -1.03. The van der Waals surface area contributed by atoms with E-state index in [-0.39, 0.29) is 17.2 Å². The number of amides is 1. The molecule has 0 radical (unpaired) electrons. The zero-order valence-electron chi connectivity index (χ0n) is 16.1. The lowest BCUT2D eigenvalue weighted by molar-refractivity contribution is -0.114. The topological polar surface area (TPSA) is 96.9 Å². The highest BCUT2D eigenvalue weighted by molar-refractivity contribution is 6.32. The molecule has 1 N–H and O–H groups in total. The van der Waals surface area contributed by atoms with Crippen molar-refractivity contribution in [1.82, 2.24) is 9.13 Å². The van der Waals surface area contributed by atoms with Crippen molar-refractivity contribution < 1.29 is 14.7 Å². The summed E-state index contributed by atoms with van der Waals surface area (Å²) in [6.45, 7) is 1.74. The zero-order chi connectivity index (χ0) is 20.9. The molecule has 8 nitrogen and oxygen atoms in total. The van der Waals surface area contributed by atoms with Gasteiger partial charge in [0.05, 0.1) is 33.6 Å². The number of carbonyl (C=O) groups is 2. The molecule has 29 heavy (non-hydrogen) atoms. The van der Waals surface area contributed by atoms with Crippen LogP contribution in [0.2, 0.25) is 0 Å². The first-order valence-electron chi connectivity index (χ1n) is 8.88. The highest BCUT2D eigenvalue weighted by Gasteiger charge is 2.28. The van der Waals surface area contributed by atoms with Crippen LogP contribution in [0.5, 0.6) is 0 Å². The molecule has 0 fully saturated rings. The van der Waals surface area contributed by atoms with Gasteiger partial charge in [-0.3, -0.25) is 13.9 Å². The first-order valence-corrected chi connectivity index (χ1v) is 8.88. The first-order chi connectivity index (χ1) is 13.8. The van der Waals surface area contributed by atoms with Crippen LogP contribution in [0, 0.1) is 0 Å². The molecule has 2 heterocycles. The Kier molecular flexibility index (Phi) is 4.19. The fourth-order valence-corrected chi connectivity index (χ4v) is 3.38. The number of aryl methyl sites for hydroxylation is 2. The second-order valence-electron chi connectivity index (χ2n) is 6.86. The highest BCUT2D eigenvalue weighted by atomic mass is 16.4. The third-order valence-electron chi connectivity index (χ3n) is 5.03. The number of hydrazone groups is 1. The van der Waals surface area contributed by atoms with Gasteiger partial charge in [0.25, 0.3) is 5.91 Å². The maximum absolute atomic E-state index is 12.9. The summed E-state index contributed by atoms with van der Waals surface area (Å²) in [6, 6.07) is 11.5. The van der Waals surface area contributed by atoms with Gasteiger partial charge in [0.1, 0.15) is 0 Å².